The van der Waals surface area contributed by atoms with Gasteiger partial charge in [0.05, 0.1) is 5.56 Å². The highest BCUT2D eigenvalue weighted by Crippen LogP contribution is 2.24. The van der Waals surface area contributed by atoms with Gasteiger partial charge in [-0.15, -0.1) is 0 Å². The van der Waals surface area contributed by atoms with Gasteiger partial charge in [0.25, 0.3) is 0 Å². The molecule has 3 nitrogen and oxygen atoms in total. The molecule has 0 radical (unpaired) electrons. The lowest BCUT2D eigenvalue weighted by atomic mass is 10.1. The van der Waals surface area contributed by atoms with Crippen molar-refractivity contribution in [2.24, 2.45) is 0 Å². The maximum Gasteiger partial charge on any atom is 0.335 e. The minimum Gasteiger partial charge on any atom is -0.478 e. The largest absolute Gasteiger partial charge is 0.478 e. The van der Waals surface area contributed by atoms with Gasteiger partial charge in [-0.25, -0.2) is 9.18 Å². The zero-order valence-corrected chi connectivity index (χ0v) is 10.5. The molecule has 1 fully saturated rings. The summed E-state index contributed by atoms with van der Waals surface area (Å²) >= 11 is 0. The molecule has 98 valence electrons. The lowest BCUT2D eigenvalue weighted by molar-refractivity contribution is 0.0696. The fourth-order valence-corrected chi connectivity index (χ4v) is 2.57. The molecular weight excluding hydrogens is 233 g/mol. The minimum atomic E-state index is -1.01. The predicted molar refractivity (Wildman–Crippen MR) is 67.1 cm³/mol. The Hall–Kier alpha value is -1.42. The summed E-state index contributed by atoms with van der Waals surface area (Å²) in [7, 11) is 1.98. The van der Waals surface area contributed by atoms with E-state index in [9.17, 15) is 9.18 Å². The summed E-state index contributed by atoms with van der Waals surface area (Å²) in [5, 5.41) is 8.91. The van der Waals surface area contributed by atoms with Crippen LogP contribution in [0.4, 0.5) is 4.39 Å². The number of hydrogen-bond donors (Lipinski definition) is 1. The average Bonchev–Trinajstić information content (AvgIpc) is 2.85. The van der Waals surface area contributed by atoms with Gasteiger partial charge in [-0.1, -0.05) is 12.8 Å². The quantitative estimate of drug-likeness (QED) is 0.894. The van der Waals surface area contributed by atoms with E-state index in [4.69, 9.17) is 5.11 Å². The first-order valence-corrected chi connectivity index (χ1v) is 6.30. The second-order valence-corrected chi connectivity index (χ2v) is 4.96. The van der Waals surface area contributed by atoms with Gasteiger partial charge in [-0.2, -0.15) is 0 Å². The van der Waals surface area contributed by atoms with Crippen molar-refractivity contribution in [2.45, 2.75) is 38.3 Å². The molecule has 0 aliphatic heterocycles. The van der Waals surface area contributed by atoms with Crippen molar-refractivity contribution in [3.63, 3.8) is 0 Å². The van der Waals surface area contributed by atoms with Crippen LogP contribution in [-0.2, 0) is 6.54 Å². The van der Waals surface area contributed by atoms with Gasteiger partial charge in [0, 0.05) is 18.2 Å². The number of carboxylic acid groups (broad SMARTS) is 1. The van der Waals surface area contributed by atoms with Crippen LogP contribution >= 0.6 is 0 Å². The van der Waals surface area contributed by atoms with E-state index in [1.54, 1.807) is 0 Å². The van der Waals surface area contributed by atoms with Gasteiger partial charge in [0.15, 0.2) is 0 Å². The van der Waals surface area contributed by atoms with Gasteiger partial charge in [0.1, 0.15) is 5.82 Å². The average molecular weight is 251 g/mol. The Kier molecular flexibility index (Phi) is 3.97. The van der Waals surface area contributed by atoms with Crippen LogP contribution in [0.1, 0.15) is 41.6 Å². The molecule has 18 heavy (non-hydrogen) atoms. The van der Waals surface area contributed by atoms with Crippen LogP contribution in [0.25, 0.3) is 0 Å². The SMILES string of the molecule is CN(Cc1cc(C(=O)O)ccc1F)C1CCCC1. The Bertz CT molecular complexity index is 441. The summed E-state index contributed by atoms with van der Waals surface area (Å²) in [6.45, 7) is 0.470. The maximum atomic E-state index is 13.7. The molecule has 0 bridgehead atoms. The molecule has 0 amide bonds. The number of benzene rings is 1. The number of nitrogens with zero attached hydrogens (tertiary/aromatic N) is 1. The number of carbonyl (C=O) groups is 1. The van der Waals surface area contributed by atoms with E-state index in [0.29, 0.717) is 18.2 Å². The van der Waals surface area contributed by atoms with Crippen LogP contribution in [0.2, 0.25) is 0 Å². The Morgan fingerprint density at radius 1 is 1.44 bits per heavy atom. The second kappa shape index (κ2) is 5.48. The van der Waals surface area contributed by atoms with Crippen LogP contribution in [-0.4, -0.2) is 29.1 Å². The van der Waals surface area contributed by atoms with Crippen molar-refractivity contribution < 1.29 is 14.3 Å². The molecule has 2 rings (SSSR count). The van der Waals surface area contributed by atoms with Crippen LogP contribution in [0.3, 0.4) is 0 Å². The van der Waals surface area contributed by atoms with Crippen LogP contribution in [0, 0.1) is 5.82 Å². The van der Waals surface area contributed by atoms with E-state index in [-0.39, 0.29) is 11.4 Å². The van der Waals surface area contributed by atoms with Gasteiger partial charge in [-0.05, 0) is 38.1 Å². The summed E-state index contributed by atoms with van der Waals surface area (Å²) in [6.07, 6.45) is 4.76. The Morgan fingerprint density at radius 3 is 2.72 bits per heavy atom. The molecule has 0 heterocycles. The predicted octanol–water partition coefficient (Wildman–Crippen LogP) is 2.90. The third-order valence-electron chi connectivity index (χ3n) is 3.66. The highest BCUT2D eigenvalue weighted by atomic mass is 19.1. The molecule has 1 N–H and O–H groups in total. The number of rotatable bonds is 4. The molecule has 1 aromatic rings. The summed E-state index contributed by atoms with van der Waals surface area (Å²) in [5.74, 6) is -1.34. The molecule has 1 aliphatic rings. The van der Waals surface area contributed by atoms with Crippen molar-refractivity contribution in [1.82, 2.24) is 4.90 Å². The summed E-state index contributed by atoms with van der Waals surface area (Å²) in [4.78, 5) is 13.0. The zero-order chi connectivity index (χ0) is 13.1. The molecule has 4 heteroatoms. The van der Waals surface area contributed by atoms with E-state index in [1.807, 2.05) is 7.05 Å². The molecule has 0 unspecified atom stereocenters. The molecule has 0 aromatic heterocycles. The third-order valence-corrected chi connectivity index (χ3v) is 3.66. The Morgan fingerprint density at radius 2 is 2.11 bits per heavy atom. The summed E-state index contributed by atoms with van der Waals surface area (Å²) in [5.41, 5.74) is 0.607. The molecule has 1 aromatic carbocycles. The van der Waals surface area contributed by atoms with E-state index in [2.05, 4.69) is 4.90 Å². The third kappa shape index (κ3) is 2.88. The lowest BCUT2D eigenvalue weighted by Gasteiger charge is -2.24. The van der Waals surface area contributed by atoms with Gasteiger partial charge in [-0.3, -0.25) is 4.90 Å². The zero-order valence-electron chi connectivity index (χ0n) is 10.5. The molecule has 0 spiro atoms. The maximum absolute atomic E-state index is 13.7. The molecular formula is C14H18FNO2. The fraction of sp³-hybridized carbons (Fsp3) is 0.500. The van der Waals surface area contributed by atoms with Gasteiger partial charge >= 0.3 is 5.97 Å². The summed E-state index contributed by atoms with van der Waals surface area (Å²) < 4.78 is 13.7. The normalized spacial score (nSPS) is 16.4. The first-order valence-electron chi connectivity index (χ1n) is 6.30. The number of carboxylic acids is 1. The fourth-order valence-electron chi connectivity index (χ4n) is 2.57. The van der Waals surface area contributed by atoms with Crippen LogP contribution in [0.5, 0.6) is 0 Å². The van der Waals surface area contributed by atoms with Crippen molar-refractivity contribution in [3.05, 3.63) is 35.1 Å². The van der Waals surface area contributed by atoms with E-state index in [0.717, 1.165) is 12.8 Å². The first kappa shape index (κ1) is 13.0. The van der Waals surface area contributed by atoms with E-state index < -0.39 is 5.97 Å². The summed E-state index contributed by atoms with van der Waals surface area (Å²) in [6, 6.07) is 4.47. The Balaban J connectivity index is 2.12. The highest BCUT2D eigenvalue weighted by molar-refractivity contribution is 5.87. The molecule has 0 atom stereocenters. The Labute approximate surface area is 106 Å². The van der Waals surface area contributed by atoms with E-state index >= 15 is 0 Å². The topological polar surface area (TPSA) is 40.5 Å². The first-order chi connectivity index (χ1) is 8.58. The monoisotopic (exact) mass is 251 g/mol. The molecule has 0 saturated heterocycles. The number of hydrogen-bond acceptors (Lipinski definition) is 2. The smallest absolute Gasteiger partial charge is 0.335 e. The number of halogens is 1. The van der Waals surface area contributed by atoms with Crippen molar-refractivity contribution in [1.29, 1.82) is 0 Å². The molecule has 1 aliphatic carbocycles. The van der Waals surface area contributed by atoms with E-state index in [1.165, 1.54) is 31.0 Å². The van der Waals surface area contributed by atoms with Gasteiger partial charge < -0.3 is 5.11 Å². The van der Waals surface area contributed by atoms with Crippen molar-refractivity contribution in [3.8, 4) is 0 Å². The second-order valence-electron chi connectivity index (χ2n) is 4.96. The standard InChI is InChI=1S/C14H18FNO2/c1-16(12-4-2-3-5-12)9-11-8-10(14(17)18)6-7-13(11)15/h6-8,12H,2-5,9H2,1H3,(H,17,18). The van der Waals surface area contributed by atoms with Gasteiger partial charge in [0.2, 0.25) is 0 Å². The number of aromatic carboxylic acids is 1. The highest BCUT2D eigenvalue weighted by Gasteiger charge is 2.20. The lowest BCUT2D eigenvalue weighted by Crippen LogP contribution is -2.29. The van der Waals surface area contributed by atoms with Crippen LogP contribution < -0.4 is 0 Å². The van der Waals surface area contributed by atoms with Crippen molar-refractivity contribution >= 4 is 5.97 Å². The van der Waals surface area contributed by atoms with Crippen LogP contribution in [0.15, 0.2) is 18.2 Å². The molecule has 1 saturated carbocycles. The minimum absolute atomic E-state index is 0.145. The van der Waals surface area contributed by atoms with Crippen molar-refractivity contribution in [2.75, 3.05) is 7.05 Å².